The lowest BCUT2D eigenvalue weighted by atomic mass is 10.2. The maximum Gasteiger partial charge on any atom is 0.105 e. The minimum Gasteiger partial charge on any atom is -0.318 e. The standard InChI is InChI=1S/C7H10N6/c1-13-3-2-5(11-13)7(8)6-4-9-12-10-6/h2-4,7H,8H2,1H3,(H,9,10,12). The molecule has 6 nitrogen and oxygen atoms in total. The fourth-order valence-corrected chi connectivity index (χ4v) is 1.11. The quantitative estimate of drug-likeness (QED) is 0.654. The molecule has 0 aliphatic carbocycles. The van der Waals surface area contributed by atoms with Crippen molar-refractivity contribution < 1.29 is 0 Å². The molecule has 0 saturated carbocycles. The van der Waals surface area contributed by atoms with E-state index in [2.05, 4.69) is 20.5 Å². The summed E-state index contributed by atoms with van der Waals surface area (Å²) in [5.41, 5.74) is 7.36. The number of nitrogens with zero attached hydrogens (tertiary/aromatic N) is 4. The predicted octanol–water partition coefficient (Wildman–Crippen LogP) is -0.414. The number of aromatic amines is 1. The Hall–Kier alpha value is -1.69. The lowest BCUT2D eigenvalue weighted by Crippen LogP contribution is -2.13. The van der Waals surface area contributed by atoms with Gasteiger partial charge in [0.1, 0.15) is 5.69 Å². The van der Waals surface area contributed by atoms with E-state index >= 15 is 0 Å². The molecule has 0 saturated heterocycles. The highest BCUT2D eigenvalue weighted by Gasteiger charge is 2.13. The van der Waals surface area contributed by atoms with Crippen molar-refractivity contribution in [3.63, 3.8) is 0 Å². The van der Waals surface area contributed by atoms with Crippen molar-refractivity contribution in [3.05, 3.63) is 29.8 Å². The summed E-state index contributed by atoms with van der Waals surface area (Å²) in [6.07, 6.45) is 3.44. The number of nitrogens with two attached hydrogens (primary N) is 1. The summed E-state index contributed by atoms with van der Waals surface area (Å²) in [6, 6.07) is 1.55. The zero-order chi connectivity index (χ0) is 9.26. The lowest BCUT2D eigenvalue weighted by Gasteiger charge is -2.02. The first-order chi connectivity index (χ1) is 6.27. The smallest absolute Gasteiger partial charge is 0.105 e. The molecule has 0 amide bonds. The van der Waals surface area contributed by atoms with Crippen LogP contribution in [0, 0.1) is 0 Å². The highest BCUT2D eigenvalue weighted by molar-refractivity contribution is 5.16. The third-order valence-corrected chi connectivity index (χ3v) is 1.81. The maximum atomic E-state index is 5.88. The van der Waals surface area contributed by atoms with Gasteiger partial charge >= 0.3 is 0 Å². The molecule has 68 valence electrons. The number of rotatable bonds is 2. The molecule has 0 spiro atoms. The van der Waals surface area contributed by atoms with Crippen molar-refractivity contribution in [2.75, 3.05) is 0 Å². The Morgan fingerprint density at radius 1 is 1.54 bits per heavy atom. The average Bonchev–Trinajstić information content (AvgIpc) is 2.72. The minimum absolute atomic E-state index is 0.306. The molecule has 1 atom stereocenters. The molecule has 0 aliphatic heterocycles. The maximum absolute atomic E-state index is 5.88. The van der Waals surface area contributed by atoms with Crippen molar-refractivity contribution in [1.82, 2.24) is 25.2 Å². The minimum atomic E-state index is -0.306. The van der Waals surface area contributed by atoms with Gasteiger partial charge in [-0.15, -0.1) is 0 Å². The molecule has 1 unspecified atom stereocenters. The van der Waals surface area contributed by atoms with Crippen molar-refractivity contribution in [2.45, 2.75) is 6.04 Å². The lowest BCUT2D eigenvalue weighted by molar-refractivity contribution is 0.705. The normalized spacial score (nSPS) is 13.1. The number of hydrogen-bond donors (Lipinski definition) is 2. The van der Waals surface area contributed by atoms with Gasteiger partial charge in [-0.25, -0.2) is 0 Å². The van der Waals surface area contributed by atoms with Crippen LogP contribution in [0.3, 0.4) is 0 Å². The molecule has 0 radical (unpaired) electrons. The number of hydrogen-bond acceptors (Lipinski definition) is 4. The number of H-pyrrole nitrogens is 1. The van der Waals surface area contributed by atoms with E-state index in [-0.39, 0.29) is 6.04 Å². The first kappa shape index (κ1) is 7.93. The Kier molecular flexibility index (Phi) is 1.82. The Morgan fingerprint density at radius 3 is 2.92 bits per heavy atom. The van der Waals surface area contributed by atoms with Crippen LogP contribution in [0.25, 0.3) is 0 Å². The van der Waals surface area contributed by atoms with Gasteiger partial charge < -0.3 is 5.73 Å². The van der Waals surface area contributed by atoms with Crippen molar-refractivity contribution in [2.24, 2.45) is 12.8 Å². The van der Waals surface area contributed by atoms with Gasteiger partial charge in [0.05, 0.1) is 17.9 Å². The topological polar surface area (TPSA) is 85.4 Å². The average molecular weight is 178 g/mol. The SMILES string of the molecule is Cn1ccc(C(N)c2cn[nH]n2)n1. The molecule has 0 fully saturated rings. The van der Waals surface area contributed by atoms with E-state index in [9.17, 15) is 0 Å². The van der Waals surface area contributed by atoms with Crippen LogP contribution < -0.4 is 5.73 Å². The molecule has 2 heterocycles. The van der Waals surface area contributed by atoms with Gasteiger partial charge in [-0.05, 0) is 6.07 Å². The van der Waals surface area contributed by atoms with Gasteiger partial charge in [0.15, 0.2) is 0 Å². The van der Waals surface area contributed by atoms with E-state index in [1.165, 1.54) is 0 Å². The fraction of sp³-hybridized carbons (Fsp3) is 0.286. The van der Waals surface area contributed by atoms with Gasteiger partial charge in [0.25, 0.3) is 0 Å². The first-order valence-corrected chi connectivity index (χ1v) is 3.88. The van der Waals surface area contributed by atoms with Crippen LogP contribution in [0.1, 0.15) is 17.4 Å². The van der Waals surface area contributed by atoms with E-state index in [1.54, 1.807) is 10.9 Å². The highest BCUT2D eigenvalue weighted by Crippen LogP contribution is 2.13. The number of aryl methyl sites for hydroxylation is 1. The molecule has 6 heteroatoms. The molecule has 13 heavy (non-hydrogen) atoms. The van der Waals surface area contributed by atoms with Crippen molar-refractivity contribution >= 4 is 0 Å². The number of aromatic nitrogens is 5. The Bertz CT molecular complexity index is 375. The molecule has 2 aromatic heterocycles. The second kappa shape index (κ2) is 2.98. The van der Waals surface area contributed by atoms with Crippen LogP contribution in [0.2, 0.25) is 0 Å². The van der Waals surface area contributed by atoms with Crippen LogP contribution in [-0.2, 0) is 7.05 Å². The second-order valence-electron chi connectivity index (χ2n) is 2.79. The molecule has 3 N–H and O–H groups in total. The van der Waals surface area contributed by atoms with E-state index in [4.69, 9.17) is 5.73 Å². The summed E-state index contributed by atoms with van der Waals surface area (Å²) < 4.78 is 1.70. The zero-order valence-corrected chi connectivity index (χ0v) is 7.18. The fourth-order valence-electron chi connectivity index (χ4n) is 1.11. The summed E-state index contributed by atoms with van der Waals surface area (Å²) in [4.78, 5) is 0. The predicted molar refractivity (Wildman–Crippen MR) is 45.6 cm³/mol. The van der Waals surface area contributed by atoms with Gasteiger partial charge in [-0.2, -0.15) is 20.5 Å². The Labute approximate surface area is 74.8 Å². The van der Waals surface area contributed by atoms with Gasteiger partial charge in [0, 0.05) is 13.2 Å². The van der Waals surface area contributed by atoms with Gasteiger partial charge in [-0.3, -0.25) is 4.68 Å². The second-order valence-corrected chi connectivity index (χ2v) is 2.79. The van der Waals surface area contributed by atoms with E-state index in [1.807, 2.05) is 19.3 Å². The van der Waals surface area contributed by atoms with E-state index in [0.29, 0.717) is 5.69 Å². The largest absolute Gasteiger partial charge is 0.318 e. The highest BCUT2D eigenvalue weighted by atomic mass is 15.3. The molecular formula is C7H10N6. The monoisotopic (exact) mass is 178 g/mol. The molecule has 2 rings (SSSR count). The first-order valence-electron chi connectivity index (χ1n) is 3.88. The van der Waals surface area contributed by atoms with E-state index in [0.717, 1.165) is 5.69 Å². The van der Waals surface area contributed by atoms with Crippen LogP contribution >= 0.6 is 0 Å². The van der Waals surface area contributed by atoms with Gasteiger partial charge in [0.2, 0.25) is 0 Å². The summed E-state index contributed by atoms with van der Waals surface area (Å²) in [5.74, 6) is 0. The number of nitrogens with one attached hydrogen (secondary N) is 1. The van der Waals surface area contributed by atoms with E-state index < -0.39 is 0 Å². The zero-order valence-electron chi connectivity index (χ0n) is 7.18. The Morgan fingerprint density at radius 2 is 2.38 bits per heavy atom. The van der Waals surface area contributed by atoms with Crippen LogP contribution in [0.15, 0.2) is 18.5 Å². The van der Waals surface area contributed by atoms with Gasteiger partial charge in [-0.1, -0.05) is 0 Å². The molecule has 0 aromatic carbocycles. The molecule has 2 aromatic rings. The van der Waals surface area contributed by atoms with Crippen LogP contribution in [-0.4, -0.2) is 25.2 Å². The third kappa shape index (κ3) is 1.43. The summed E-state index contributed by atoms with van der Waals surface area (Å²) in [7, 11) is 1.85. The Balaban J connectivity index is 2.28. The van der Waals surface area contributed by atoms with Crippen LogP contribution in [0.4, 0.5) is 0 Å². The summed E-state index contributed by atoms with van der Waals surface area (Å²) >= 11 is 0. The van der Waals surface area contributed by atoms with Crippen molar-refractivity contribution in [3.8, 4) is 0 Å². The summed E-state index contributed by atoms with van der Waals surface area (Å²) in [6.45, 7) is 0. The van der Waals surface area contributed by atoms with Crippen LogP contribution in [0.5, 0.6) is 0 Å². The third-order valence-electron chi connectivity index (χ3n) is 1.81. The molecule has 0 aliphatic rings. The van der Waals surface area contributed by atoms with Crippen molar-refractivity contribution in [1.29, 1.82) is 0 Å². The molecular weight excluding hydrogens is 168 g/mol. The molecule has 0 bridgehead atoms. The summed E-state index contributed by atoms with van der Waals surface area (Å²) in [5, 5.41) is 14.3.